The van der Waals surface area contributed by atoms with E-state index in [0.29, 0.717) is 18.0 Å². The lowest BCUT2D eigenvalue weighted by Crippen LogP contribution is -2.43. The third-order valence-corrected chi connectivity index (χ3v) is 4.99. The third kappa shape index (κ3) is 2.88. The molecule has 4 N–H and O–H groups in total. The van der Waals surface area contributed by atoms with Gasteiger partial charge >= 0.3 is 0 Å². The number of carbonyl (C=O) groups is 1. The standard InChI is InChI=1S/C15H26N6O/c1-9-11(10(2)20-19-9)5-7-21(3)15(22)14-13-12(4-6-16-14)17-8-18-13/h8-11,14,16,19-20H,4-7H2,1-3H3,(H,17,18). The Morgan fingerprint density at radius 1 is 1.36 bits per heavy atom. The average Bonchev–Trinajstić information content (AvgIpc) is 3.11. The van der Waals surface area contributed by atoms with Crippen molar-refractivity contribution in [2.24, 2.45) is 5.92 Å². The number of carbonyl (C=O) groups excluding carboxylic acids is 1. The number of imidazole rings is 1. The van der Waals surface area contributed by atoms with Crippen molar-refractivity contribution in [1.29, 1.82) is 0 Å². The molecular weight excluding hydrogens is 280 g/mol. The molecule has 1 aromatic rings. The second-order valence-electron chi connectivity index (χ2n) is 6.48. The van der Waals surface area contributed by atoms with Crippen molar-refractivity contribution < 1.29 is 4.79 Å². The number of H-pyrrole nitrogens is 1. The Balaban J connectivity index is 1.59. The van der Waals surface area contributed by atoms with Gasteiger partial charge in [0.15, 0.2) is 0 Å². The maximum absolute atomic E-state index is 12.7. The topological polar surface area (TPSA) is 85.1 Å². The number of hydrogen-bond acceptors (Lipinski definition) is 5. The van der Waals surface area contributed by atoms with E-state index in [0.717, 1.165) is 37.3 Å². The number of nitrogens with zero attached hydrogens (tertiary/aromatic N) is 2. The summed E-state index contributed by atoms with van der Waals surface area (Å²) in [7, 11) is 1.89. The second-order valence-corrected chi connectivity index (χ2v) is 6.48. The molecule has 1 fully saturated rings. The van der Waals surface area contributed by atoms with E-state index < -0.39 is 0 Å². The number of fused-ring (bicyclic) bond motifs is 1. The molecular formula is C15H26N6O. The molecule has 2 aliphatic rings. The molecule has 0 aromatic carbocycles. The van der Waals surface area contributed by atoms with Gasteiger partial charge in [-0.05, 0) is 26.2 Å². The summed E-state index contributed by atoms with van der Waals surface area (Å²) in [4.78, 5) is 22.0. The molecule has 0 aliphatic carbocycles. The van der Waals surface area contributed by atoms with Crippen LogP contribution >= 0.6 is 0 Å². The molecule has 7 nitrogen and oxygen atoms in total. The lowest BCUT2D eigenvalue weighted by molar-refractivity contribution is -0.132. The van der Waals surface area contributed by atoms with Crippen LogP contribution < -0.4 is 16.2 Å². The predicted molar refractivity (Wildman–Crippen MR) is 84.0 cm³/mol. The van der Waals surface area contributed by atoms with E-state index >= 15 is 0 Å². The minimum atomic E-state index is -0.310. The van der Waals surface area contributed by atoms with Crippen molar-refractivity contribution >= 4 is 5.91 Å². The molecule has 3 rings (SSSR count). The van der Waals surface area contributed by atoms with Crippen LogP contribution in [0.3, 0.4) is 0 Å². The van der Waals surface area contributed by atoms with Gasteiger partial charge in [-0.1, -0.05) is 0 Å². The van der Waals surface area contributed by atoms with Crippen LogP contribution in [0.15, 0.2) is 6.33 Å². The van der Waals surface area contributed by atoms with Gasteiger partial charge < -0.3 is 15.2 Å². The van der Waals surface area contributed by atoms with Gasteiger partial charge in [-0.2, -0.15) is 0 Å². The Labute approximate surface area is 131 Å². The van der Waals surface area contributed by atoms with Gasteiger partial charge in [-0.15, -0.1) is 0 Å². The molecule has 22 heavy (non-hydrogen) atoms. The summed E-state index contributed by atoms with van der Waals surface area (Å²) >= 11 is 0. The Hall–Kier alpha value is -1.44. The quantitative estimate of drug-likeness (QED) is 0.626. The van der Waals surface area contributed by atoms with E-state index in [4.69, 9.17) is 0 Å². The fraction of sp³-hybridized carbons (Fsp3) is 0.733. The number of hydrazine groups is 1. The van der Waals surface area contributed by atoms with Crippen molar-refractivity contribution in [2.45, 2.75) is 44.8 Å². The molecule has 1 aromatic heterocycles. The predicted octanol–water partition coefficient (Wildman–Crippen LogP) is -0.0540. The Morgan fingerprint density at radius 2 is 2.09 bits per heavy atom. The first kappa shape index (κ1) is 15.5. The summed E-state index contributed by atoms with van der Waals surface area (Å²) in [5.41, 5.74) is 8.47. The number of aromatic nitrogens is 2. The zero-order valence-electron chi connectivity index (χ0n) is 13.5. The van der Waals surface area contributed by atoms with Gasteiger partial charge in [-0.25, -0.2) is 4.98 Å². The Morgan fingerprint density at radius 3 is 2.82 bits per heavy atom. The van der Waals surface area contributed by atoms with E-state index in [9.17, 15) is 4.79 Å². The maximum Gasteiger partial charge on any atom is 0.245 e. The van der Waals surface area contributed by atoms with Crippen molar-refractivity contribution in [3.05, 3.63) is 17.7 Å². The zero-order chi connectivity index (χ0) is 15.7. The fourth-order valence-corrected chi connectivity index (χ4v) is 3.51. The largest absolute Gasteiger partial charge is 0.348 e. The summed E-state index contributed by atoms with van der Waals surface area (Å²) in [6.07, 6.45) is 3.57. The highest BCUT2D eigenvalue weighted by Crippen LogP contribution is 2.22. The molecule has 0 saturated carbocycles. The van der Waals surface area contributed by atoms with E-state index in [1.807, 2.05) is 11.9 Å². The molecule has 3 unspecified atom stereocenters. The molecule has 1 amide bonds. The van der Waals surface area contributed by atoms with Crippen LogP contribution in [0.4, 0.5) is 0 Å². The molecule has 3 atom stereocenters. The molecule has 7 heteroatoms. The molecule has 0 spiro atoms. The summed E-state index contributed by atoms with van der Waals surface area (Å²) < 4.78 is 0. The smallest absolute Gasteiger partial charge is 0.245 e. The minimum absolute atomic E-state index is 0.104. The highest BCUT2D eigenvalue weighted by molar-refractivity contribution is 5.83. The monoisotopic (exact) mass is 306 g/mol. The molecule has 122 valence electrons. The summed E-state index contributed by atoms with van der Waals surface area (Å²) in [5, 5.41) is 3.29. The van der Waals surface area contributed by atoms with Gasteiger partial charge in [0.25, 0.3) is 0 Å². The normalized spacial score (nSPS) is 31.0. The van der Waals surface area contributed by atoms with Crippen molar-refractivity contribution in [3.8, 4) is 0 Å². The maximum atomic E-state index is 12.7. The first-order chi connectivity index (χ1) is 10.6. The summed E-state index contributed by atoms with van der Waals surface area (Å²) in [6, 6.07) is 0.558. The van der Waals surface area contributed by atoms with E-state index in [-0.39, 0.29) is 11.9 Å². The summed E-state index contributed by atoms with van der Waals surface area (Å²) in [5.74, 6) is 0.641. The van der Waals surface area contributed by atoms with Gasteiger partial charge in [0.05, 0.1) is 12.0 Å². The van der Waals surface area contributed by atoms with Gasteiger partial charge in [-0.3, -0.25) is 15.6 Å². The molecule has 0 radical (unpaired) electrons. The van der Waals surface area contributed by atoms with Crippen molar-refractivity contribution in [1.82, 2.24) is 31.0 Å². The highest BCUT2D eigenvalue weighted by Gasteiger charge is 2.33. The van der Waals surface area contributed by atoms with Crippen LogP contribution in [0, 0.1) is 5.92 Å². The summed E-state index contributed by atoms with van der Waals surface area (Å²) in [6.45, 7) is 5.94. The SMILES string of the molecule is CC1NNC(C)C1CCN(C)C(=O)C1NCCc2[nH]cnc21. The van der Waals surface area contributed by atoms with Crippen LogP contribution in [-0.4, -0.2) is 53.0 Å². The van der Waals surface area contributed by atoms with Crippen molar-refractivity contribution in [3.63, 3.8) is 0 Å². The number of amides is 1. The Bertz CT molecular complexity index is 520. The van der Waals surface area contributed by atoms with Crippen LogP contribution in [0.1, 0.15) is 37.7 Å². The van der Waals surface area contributed by atoms with E-state index in [2.05, 4.69) is 40.0 Å². The molecule has 0 bridgehead atoms. The zero-order valence-corrected chi connectivity index (χ0v) is 13.5. The van der Waals surface area contributed by atoms with E-state index in [1.54, 1.807) is 6.33 Å². The van der Waals surface area contributed by atoms with Gasteiger partial charge in [0.2, 0.25) is 5.91 Å². The van der Waals surface area contributed by atoms with E-state index in [1.165, 1.54) is 0 Å². The highest BCUT2D eigenvalue weighted by atomic mass is 16.2. The molecule has 1 saturated heterocycles. The van der Waals surface area contributed by atoms with Gasteiger partial charge in [0, 0.05) is 44.3 Å². The number of aromatic amines is 1. The van der Waals surface area contributed by atoms with Crippen LogP contribution in [0.2, 0.25) is 0 Å². The lowest BCUT2D eigenvalue weighted by atomic mass is 9.93. The number of likely N-dealkylation sites (N-methyl/N-ethyl adjacent to an activating group) is 1. The second kappa shape index (κ2) is 6.36. The fourth-order valence-electron chi connectivity index (χ4n) is 3.51. The number of hydrogen-bond donors (Lipinski definition) is 4. The first-order valence-corrected chi connectivity index (χ1v) is 8.09. The van der Waals surface area contributed by atoms with Gasteiger partial charge in [0.1, 0.15) is 6.04 Å². The number of nitrogens with one attached hydrogen (secondary N) is 4. The number of rotatable bonds is 4. The Kier molecular flexibility index (Phi) is 4.46. The van der Waals surface area contributed by atoms with Crippen LogP contribution in [0.5, 0.6) is 0 Å². The van der Waals surface area contributed by atoms with Crippen molar-refractivity contribution in [2.75, 3.05) is 20.1 Å². The van der Waals surface area contributed by atoms with Crippen LogP contribution in [0.25, 0.3) is 0 Å². The average molecular weight is 306 g/mol. The molecule has 3 heterocycles. The molecule has 2 aliphatic heterocycles. The first-order valence-electron chi connectivity index (χ1n) is 8.09. The van der Waals surface area contributed by atoms with Crippen LogP contribution in [-0.2, 0) is 11.2 Å². The third-order valence-electron chi connectivity index (χ3n) is 4.99. The minimum Gasteiger partial charge on any atom is -0.348 e. The lowest BCUT2D eigenvalue weighted by Gasteiger charge is -2.28.